The van der Waals surface area contributed by atoms with Gasteiger partial charge in [0, 0.05) is 54.8 Å². The molecule has 0 spiro atoms. The summed E-state index contributed by atoms with van der Waals surface area (Å²) in [5.41, 5.74) is 14.2. The molecule has 1 fully saturated rings. The molecule has 1 aliphatic carbocycles. The zero-order valence-electron chi connectivity index (χ0n) is 26.6. The number of rotatable bonds is 7. The van der Waals surface area contributed by atoms with Crippen LogP contribution in [0.3, 0.4) is 0 Å². The highest BCUT2D eigenvalue weighted by atomic mass is 16.3. The van der Waals surface area contributed by atoms with Crippen LogP contribution in [0.15, 0.2) is 124 Å². The highest BCUT2D eigenvalue weighted by Gasteiger charge is 2.44. The third-order valence-corrected chi connectivity index (χ3v) is 9.95. The topological polar surface area (TPSA) is 97.8 Å². The quantitative estimate of drug-likeness (QED) is 0.385. The van der Waals surface area contributed by atoms with E-state index in [2.05, 4.69) is 71.4 Å². The first kappa shape index (κ1) is 30.0. The van der Waals surface area contributed by atoms with Crippen LogP contribution in [-0.4, -0.2) is 57.0 Å². The number of hydrogen-bond acceptors (Lipinski definition) is 7. The van der Waals surface area contributed by atoms with Gasteiger partial charge in [-0.15, -0.1) is 0 Å². The number of aliphatic hydroxyl groups is 1. The Kier molecular flexibility index (Phi) is 8.21. The molecule has 8 heteroatoms. The number of allylic oxidation sites excluding steroid dienone is 4. The second kappa shape index (κ2) is 12.6. The van der Waals surface area contributed by atoms with E-state index in [1.54, 1.807) is 11.1 Å². The molecule has 0 radical (unpaired) electrons. The van der Waals surface area contributed by atoms with Gasteiger partial charge >= 0.3 is 0 Å². The van der Waals surface area contributed by atoms with Crippen LogP contribution in [0.4, 0.5) is 0 Å². The Morgan fingerprint density at radius 2 is 1.83 bits per heavy atom. The van der Waals surface area contributed by atoms with E-state index in [1.165, 1.54) is 0 Å². The first-order chi connectivity index (χ1) is 22.4. The van der Waals surface area contributed by atoms with Crippen molar-refractivity contribution < 1.29 is 9.90 Å². The summed E-state index contributed by atoms with van der Waals surface area (Å²) in [7, 11) is 2.18. The van der Waals surface area contributed by atoms with E-state index in [4.69, 9.17) is 10.7 Å². The van der Waals surface area contributed by atoms with Gasteiger partial charge in [0.1, 0.15) is 17.7 Å². The molecule has 1 saturated carbocycles. The van der Waals surface area contributed by atoms with Gasteiger partial charge in [-0.05, 0) is 67.7 Å². The number of carbonyl (C=O) groups is 1. The van der Waals surface area contributed by atoms with Crippen LogP contribution in [0.25, 0.3) is 0 Å². The lowest BCUT2D eigenvalue weighted by atomic mass is 9.79. The molecule has 0 saturated heterocycles. The highest BCUT2D eigenvalue weighted by molar-refractivity contribution is 6.09. The van der Waals surface area contributed by atoms with Gasteiger partial charge in [0.05, 0.1) is 11.4 Å². The van der Waals surface area contributed by atoms with Crippen molar-refractivity contribution in [3.05, 3.63) is 131 Å². The lowest BCUT2D eigenvalue weighted by Crippen LogP contribution is -2.45. The van der Waals surface area contributed by atoms with Crippen LogP contribution in [0.2, 0.25) is 0 Å². The third-order valence-electron chi connectivity index (χ3n) is 9.95. The molecule has 1 amide bonds. The number of hydrogen-bond donors (Lipinski definition) is 2. The van der Waals surface area contributed by atoms with Crippen molar-refractivity contribution in [3.63, 3.8) is 0 Å². The molecule has 46 heavy (non-hydrogen) atoms. The second-order valence-corrected chi connectivity index (χ2v) is 12.8. The average molecular weight is 615 g/mol. The normalized spacial score (nSPS) is 26.9. The van der Waals surface area contributed by atoms with Crippen LogP contribution < -0.4 is 5.73 Å². The van der Waals surface area contributed by atoms with Crippen molar-refractivity contribution >= 4 is 17.5 Å². The number of amides is 1. The molecular formula is C38H42N6O2. The lowest BCUT2D eigenvalue weighted by molar-refractivity contribution is 0.00402. The molecule has 3 N–H and O–H groups in total. The van der Waals surface area contributed by atoms with Gasteiger partial charge in [-0.1, -0.05) is 67.6 Å². The Labute approximate surface area is 271 Å². The van der Waals surface area contributed by atoms with E-state index >= 15 is 0 Å². The van der Waals surface area contributed by atoms with E-state index in [0.29, 0.717) is 35.3 Å². The monoisotopic (exact) mass is 614 g/mol. The van der Waals surface area contributed by atoms with Gasteiger partial charge in [0.2, 0.25) is 0 Å². The highest BCUT2D eigenvalue weighted by Crippen LogP contribution is 2.44. The summed E-state index contributed by atoms with van der Waals surface area (Å²) < 4.78 is 0. The Balaban J connectivity index is 1.10. The molecule has 2 aromatic rings. The number of aliphatic imine (C=N–C) groups is 2. The van der Waals surface area contributed by atoms with Gasteiger partial charge in [-0.2, -0.15) is 0 Å². The molecule has 5 aliphatic rings. The molecule has 4 aliphatic heterocycles. The van der Waals surface area contributed by atoms with E-state index < -0.39 is 6.23 Å². The Bertz CT molecular complexity index is 1720. The first-order valence-electron chi connectivity index (χ1n) is 16.5. The van der Waals surface area contributed by atoms with Crippen LogP contribution in [0, 0.1) is 11.8 Å². The Hall–Kier alpha value is -4.69. The molecule has 2 atom stereocenters. The molecule has 4 heterocycles. The van der Waals surface area contributed by atoms with Gasteiger partial charge in [-0.25, -0.2) is 4.99 Å². The minimum Gasteiger partial charge on any atom is -0.382 e. The second-order valence-electron chi connectivity index (χ2n) is 12.8. The summed E-state index contributed by atoms with van der Waals surface area (Å²) in [5.74, 6) is 1.21. The maximum atomic E-state index is 13.1. The van der Waals surface area contributed by atoms with E-state index in [9.17, 15) is 9.90 Å². The first-order valence-corrected chi connectivity index (χ1v) is 16.5. The molecule has 236 valence electrons. The molecule has 8 nitrogen and oxygen atoms in total. The van der Waals surface area contributed by atoms with Crippen molar-refractivity contribution in [3.8, 4) is 0 Å². The van der Waals surface area contributed by atoms with E-state index in [1.807, 2.05) is 42.5 Å². The van der Waals surface area contributed by atoms with E-state index in [-0.39, 0.29) is 12.1 Å². The molecule has 0 bridgehead atoms. The summed E-state index contributed by atoms with van der Waals surface area (Å²) >= 11 is 0. The zero-order chi connectivity index (χ0) is 31.8. The number of benzene rings is 2. The number of amidine groups is 1. The van der Waals surface area contributed by atoms with E-state index in [0.717, 1.165) is 72.5 Å². The van der Waals surface area contributed by atoms with Crippen LogP contribution in [0.5, 0.6) is 0 Å². The Morgan fingerprint density at radius 1 is 1.07 bits per heavy atom. The maximum absolute atomic E-state index is 13.1. The van der Waals surface area contributed by atoms with Crippen LogP contribution in [0.1, 0.15) is 73.2 Å². The minimum absolute atomic E-state index is 0.0644. The van der Waals surface area contributed by atoms with Crippen molar-refractivity contribution in [1.82, 2.24) is 14.7 Å². The number of nitrogens with zero attached hydrogens (tertiary/aromatic N) is 5. The largest absolute Gasteiger partial charge is 0.382 e. The molecule has 7 rings (SSSR count). The summed E-state index contributed by atoms with van der Waals surface area (Å²) in [6, 6.07) is 17.7. The fourth-order valence-electron chi connectivity index (χ4n) is 7.78. The molecular weight excluding hydrogens is 572 g/mol. The number of likely N-dealkylation sites (N-methyl/N-ethyl adjacent to an activating group) is 1. The lowest BCUT2D eigenvalue weighted by Gasteiger charge is -2.41. The molecule has 2 unspecified atom stereocenters. The third kappa shape index (κ3) is 5.41. The van der Waals surface area contributed by atoms with Gasteiger partial charge in [0.15, 0.2) is 6.23 Å². The molecule has 0 aromatic heterocycles. The predicted molar refractivity (Wildman–Crippen MR) is 182 cm³/mol. The van der Waals surface area contributed by atoms with Gasteiger partial charge < -0.3 is 25.5 Å². The van der Waals surface area contributed by atoms with Crippen LogP contribution >= 0.6 is 0 Å². The fraction of sp³-hybridized carbons (Fsp3) is 0.342. The van der Waals surface area contributed by atoms with Crippen molar-refractivity contribution in [1.29, 1.82) is 0 Å². The van der Waals surface area contributed by atoms with Crippen molar-refractivity contribution in [2.45, 2.75) is 57.8 Å². The number of aliphatic hydroxyl groups excluding tert-OH is 1. The maximum Gasteiger partial charge on any atom is 0.256 e. The summed E-state index contributed by atoms with van der Waals surface area (Å²) in [4.78, 5) is 29.0. The van der Waals surface area contributed by atoms with Crippen molar-refractivity contribution in [2.75, 3.05) is 13.6 Å². The van der Waals surface area contributed by atoms with Gasteiger partial charge in [0.25, 0.3) is 5.91 Å². The summed E-state index contributed by atoms with van der Waals surface area (Å²) in [5, 5.41) is 10.9. The fourth-order valence-corrected chi connectivity index (χ4v) is 7.78. The summed E-state index contributed by atoms with van der Waals surface area (Å²) in [6.07, 6.45) is 17.6. The van der Waals surface area contributed by atoms with Gasteiger partial charge in [-0.3, -0.25) is 9.79 Å². The van der Waals surface area contributed by atoms with Crippen molar-refractivity contribution in [2.24, 2.45) is 27.6 Å². The Morgan fingerprint density at radius 3 is 2.59 bits per heavy atom. The minimum atomic E-state index is -0.858. The number of dihydropyridines is 1. The number of nitrogens with two attached hydrogens (primary N) is 1. The smallest absolute Gasteiger partial charge is 0.256 e. The number of fused-ring (bicyclic) bond motifs is 2. The zero-order valence-corrected chi connectivity index (χ0v) is 26.6. The SMILES string of the molecule is CC/C=C(\C=C1/CC=CC(c2ccccc2)=N1)C1=C2C(N)=NC=CN2C([C@H]2CC[C@H](CN3C(=O)c4ccccc4C3O)CC2)N1C. The predicted octanol–water partition coefficient (Wildman–Crippen LogP) is 6.24. The average Bonchev–Trinajstić information content (AvgIpc) is 3.52. The standard InChI is InChI=1S/C38H42N6O2/c1-3-10-28(23-29-13-9-16-32(41-29)26-11-5-4-6-12-26)33-34-35(39)40-21-22-43(34)36(42(33)2)27-19-17-25(18-20-27)24-44-37(45)30-14-7-8-15-31(30)38(44)46/h4-12,14-16,21-23,25,27,36-37,45H,3,13,17-20,24H2,1-2H3,(H2,39,40)/b28-10+,29-23+/t25-,27-,36?,37?. The molecule has 2 aromatic carbocycles. The number of carbonyl (C=O) groups excluding carboxylic acids is 1. The van der Waals surface area contributed by atoms with Crippen LogP contribution in [-0.2, 0) is 0 Å². The summed E-state index contributed by atoms with van der Waals surface area (Å²) in [6.45, 7) is 2.74.